The van der Waals surface area contributed by atoms with Gasteiger partial charge in [0, 0.05) is 24.3 Å². The second-order valence-corrected chi connectivity index (χ2v) is 8.08. The summed E-state index contributed by atoms with van der Waals surface area (Å²) < 4.78 is 16.4. The van der Waals surface area contributed by atoms with Crippen LogP contribution in [0.4, 0.5) is 0 Å². The Labute approximate surface area is 191 Å². The molecule has 0 saturated carbocycles. The number of halogens is 1. The average molecular weight is 458 g/mol. The largest absolute Gasteiger partial charge is 0.507 e. The number of para-hydroxylation sites is 1. The van der Waals surface area contributed by atoms with Crippen molar-refractivity contribution in [3.8, 4) is 11.5 Å². The predicted octanol–water partition coefficient (Wildman–Crippen LogP) is 3.96. The Kier molecular flexibility index (Phi) is 6.39. The van der Waals surface area contributed by atoms with Crippen molar-refractivity contribution in [2.24, 2.45) is 0 Å². The lowest BCUT2D eigenvalue weighted by atomic mass is 9.94. The van der Waals surface area contributed by atoms with E-state index in [1.807, 2.05) is 0 Å². The first-order chi connectivity index (χ1) is 15.5. The van der Waals surface area contributed by atoms with Crippen LogP contribution < -0.4 is 9.47 Å². The van der Waals surface area contributed by atoms with Gasteiger partial charge in [-0.2, -0.15) is 0 Å². The van der Waals surface area contributed by atoms with Crippen LogP contribution in [0.15, 0.2) is 48.0 Å². The van der Waals surface area contributed by atoms with Gasteiger partial charge in [0.2, 0.25) is 0 Å². The van der Waals surface area contributed by atoms with Crippen molar-refractivity contribution in [2.75, 3.05) is 27.4 Å². The van der Waals surface area contributed by atoms with Crippen molar-refractivity contribution < 1.29 is 28.9 Å². The molecule has 2 saturated heterocycles. The molecule has 0 spiro atoms. The number of aliphatic hydroxyl groups is 1. The average Bonchev–Trinajstić information content (AvgIpc) is 3.41. The number of ketones is 1. The summed E-state index contributed by atoms with van der Waals surface area (Å²) in [6.07, 6.45) is 1.54. The second-order valence-electron chi connectivity index (χ2n) is 7.68. The number of amides is 1. The molecule has 168 valence electrons. The lowest BCUT2D eigenvalue weighted by Crippen LogP contribution is -2.36. The SMILES string of the molecule is COc1ccc(/C(O)=C2\C(=O)C(=O)N(CC3CCCO3)C2c2ccccc2OC)cc1Cl. The number of methoxy groups -OCH3 is 2. The lowest BCUT2D eigenvalue weighted by molar-refractivity contribution is -0.140. The number of hydrogen-bond donors (Lipinski definition) is 1. The number of hydrogen-bond acceptors (Lipinski definition) is 6. The number of likely N-dealkylation sites (tertiary alicyclic amines) is 1. The zero-order chi connectivity index (χ0) is 22.8. The fourth-order valence-electron chi connectivity index (χ4n) is 4.26. The number of ether oxygens (including phenoxy) is 3. The molecule has 2 atom stereocenters. The van der Waals surface area contributed by atoms with E-state index < -0.39 is 17.7 Å². The molecule has 1 N–H and O–H groups in total. The summed E-state index contributed by atoms with van der Waals surface area (Å²) in [5.41, 5.74) is 0.901. The summed E-state index contributed by atoms with van der Waals surface area (Å²) >= 11 is 6.23. The van der Waals surface area contributed by atoms with Crippen LogP contribution in [-0.4, -0.2) is 55.2 Å². The molecule has 2 heterocycles. The maximum Gasteiger partial charge on any atom is 0.295 e. The van der Waals surface area contributed by atoms with E-state index in [0.29, 0.717) is 29.2 Å². The molecule has 2 aromatic carbocycles. The fourth-order valence-corrected chi connectivity index (χ4v) is 4.52. The molecule has 2 aliphatic heterocycles. The van der Waals surface area contributed by atoms with Crippen LogP contribution in [0.1, 0.15) is 30.0 Å². The standard InChI is InChI=1S/C24H24ClNO6/c1-30-18-8-4-3-7-16(18)21-20(22(27)14-9-10-19(31-2)17(25)12-14)23(28)24(29)26(21)13-15-6-5-11-32-15/h3-4,7-10,12,15,21,27H,5-6,11,13H2,1-2H3/b22-20+. The van der Waals surface area contributed by atoms with Gasteiger partial charge in [0.05, 0.1) is 37.0 Å². The van der Waals surface area contributed by atoms with E-state index in [1.54, 1.807) is 36.4 Å². The Balaban J connectivity index is 1.86. The third-order valence-electron chi connectivity index (χ3n) is 5.82. The quantitative estimate of drug-likeness (QED) is 0.401. The lowest BCUT2D eigenvalue weighted by Gasteiger charge is -2.28. The number of rotatable bonds is 6. The summed E-state index contributed by atoms with van der Waals surface area (Å²) in [7, 11) is 3.01. The molecule has 1 amide bonds. The summed E-state index contributed by atoms with van der Waals surface area (Å²) in [4.78, 5) is 27.7. The summed E-state index contributed by atoms with van der Waals surface area (Å²) in [6.45, 7) is 0.867. The zero-order valence-corrected chi connectivity index (χ0v) is 18.6. The van der Waals surface area contributed by atoms with Crippen LogP contribution in [0.25, 0.3) is 5.76 Å². The first-order valence-electron chi connectivity index (χ1n) is 10.3. The van der Waals surface area contributed by atoms with E-state index in [4.69, 9.17) is 25.8 Å². The molecule has 2 aromatic rings. The second kappa shape index (κ2) is 9.22. The number of carbonyl (C=O) groups is 2. The molecule has 4 rings (SSSR count). The monoisotopic (exact) mass is 457 g/mol. The van der Waals surface area contributed by atoms with Gasteiger partial charge in [0.25, 0.3) is 11.7 Å². The molecule has 7 nitrogen and oxygen atoms in total. The van der Waals surface area contributed by atoms with E-state index in [1.165, 1.54) is 25.2 Å². The number of carbonyl (C=O) groups excluding carboxylic acids is 2. The van der Waals surface area contributed by atoms with Crippen LogP contribution >= 0.6 is 11.6 Å². The molecule has 2 unspecified atom stereocenters. The van der Waals surface area contributed by atoms with Crippen LogP contribution in [0.5, 0.6) is 11.5 Å². The van der Waals surface area contributed by atoms with Gasteiger partial charge in [0.15, 0.2) is 0 Å². The van der Waals surface area contributed by atoms with Crippen LogP contribution in [0.3, 0.4) is 0 Å². The molecule has 8 heteroatoms. The molecule has 2 fully saturated rings. The van der Waals surface area contributed by atoms with Gasteiger partial charge in [-0.3, -0.25) is 9.59 Å². The predicted molar refractivity (Wildman–Crippen MR) is 119 cm³/mol. The molecular formula is C24H24ClNO6. The van der Waals surface area contributed by atoms with Gasteiger partial charge in [0.1, 0.15) is 17.3 Å². The minimum absolute atomic E-state index is 0.0151. The van der Waals surface area contributed by atoms with Crippen molar-refractivity contribution in [3.05, 3.63) is 64.2 Å². The van der Waals surface area contributed by atoms with Gasteiger partial charge in [-0.05, 0) is 37.1 Å². The van der Waals surface area contributed by atoms with E-state index in [0.717, 1.165) is 12.8 Å². The van der Waals surface area contributed by atoms with Gasteiger partial charge in [-0.1, -0.05) is 29.8 Å². The molecule has 0 aliphatic carbocycles. The topological polar surface area (TPSA) is 85.3 Å². The molecule has 32 heavy (non-hydrogen) atoms. The zero-order valence-electron chi connectivity index (χ0n) is 17.8. The summed E-state index contributed by atoms with van der Waals surface area (Å²) in [5, 5.41) is 11.5. The Hall–Kier alpha value is -3.03. The van der Waals surface area contributed by atoms with Crippen molar-refractivity contribution in [1.82, 2.24) is 4.90 Å². The Morgan fingerprint density at radius 3 is 2.56 bits per heavy atom. The van der Waals surface area contributed by atoms with E-state index in [9.17, 15) is 14.7 Å². The summed E-state index contributed by atoms with van der Waals surface area (Å²) in [6, 6.07) is 11.0. The molecule has 2 aliphatic rings. The van der Waals surface area contributed by atoms with Crippen LogP contribution in [0.2, 0.25) is 5.02 Å². The molecule has 0 bridgehead atoms. The normalized spacial score (nSPS) is 22.4. The van der Waals surface area contributed by atoms with Gasteiger partial charge >= 0.3 is 0 Å². The number of benzene rings is 2. The molecule has 0 radical (unpaired) electrons. The fraction of sp³-hybridized carbons (Fsp3) is 0.333. The maximum absolute atomic E-state index is 13.1. The first kappa shape index (κ1) is 22.2. The highest BCUT2D eigenvalue weighted by Gasteiger charge is 2.48. The van der Waals surface area contributed by atoms with E-state index >= 15 is 0 Å². The maximum atomic E-state index is 13.1. The first-order valence-corrected chi connectivity index (χ1v) is 10.7. The number of nitrogens with zero attached hydrogens (tertiary/aromatic N) is 1. The van der Waals surface area contributed by atoms with Crippen LogP contribution in [-0.2, 0) is 14.3 Å². The Morgan fingerprint density at radius 1 is 1.16 bits per heavy atom. The highest BCUT2D eigenvalue weighted by Crippen LogP contribution is 2.43. The molecule has 0 aromatic heterocycles. The highest BCUT2D eigenvalue weighted by atomic mass is 35.5. The van der Waals surface area contributed by atoms with Crippen molar-refractivity contribution in [2.45, 2.75) is 25.0 Å². The van der Waals surface area contributed by atoms with Crippen molar-refractivity contribution >= 4 is 29.1 Å². The number of aliphatic hydroxyl groups excluding tert-OH is 1. The van der Waals surface area contributed by atoms with E-state index in [-0.39, 0.29) is 29.0 Å². The smallest absolute Gasteiger partial charge is 0.295 e. The minimum atomic E-state index is -0.823. The number of Topliss-reactive ketones (excluding diaryl/α,β-unsaturated/α-hetero) is 1. The van der Waals surface area contributed by atoms with Gasteiger partial charge in [-0.15, -0.1) is 0 Å². The van der Waals surface area contributed by atoms with Crippen molar-refractivity contribution in [3.63, 3.8) is 0 Å². The van der Waals surface area contributed by atoms with E-state index in [2.05, 4.69) is 0 Å². The highest BCUT2D eigenvalue weighted by molar-refractivity contribution is 6.46. The summed E-state index contributed by atoms with van der Waals surface area (Å²) in [5.74, 6) is -0.807. The Morgan fingerprint density at radius 2 is 1.91 bits per heavy atom. The third-order valence-corrected chi connectivity index (χ3v) is 6.12. The van der Waals surface area contributed by atoms with Crippen molar-refractivity contribution in [1.29, 1.82) is 0 Å². The Bertz CT molecular complexity index is 1080. The third kappa shape index (κ3) is 3.94. The van der Waals surface area contributed by atoms with Crippen LogP contribution in [0, 0.1) is 0 Å². The molecular weight excluding hydrogens is 434 g/mol. The van der Waals surface area contributed by atoms with Gasteiger partial charge < -0.3 is 24.2 Å². The van der Waals surface area contributed by atoms with Gasteiger partial charge in [-0.25, -0.2) is 0 Å². The minimum Gasteiger partial charge on any atom is -0.507 e.